The average Bonchev–Trinajstić information content (AvgIpc) is 2.41. The van der Waals surface area contributed by atoms with Crippen LogP contribution in [0.5, 0.6) is 0 Å². The van der Waals surface area contributed by atoms with E-state index in [1.807, 2.05) is 0 Å². The van der Waals surface area contributed by atoms with Crippen LogP contribution in [0.15, 0.2) is 42.5 Å². The third-order valence-corrected chi connectivity index (χ3v) is 4.54. The van der Waals surface area contributed by atoms with Gasteiger partial charge in [0.1, 0.15) is 11.6 Å². The van der Waals surface area contributed by atoms with Crippen molar-refractivity contribution in [2.75, 3.05) is 11.1 Å². The molecule has 7 heteroatoms. The summed E-state index contributed by atoms with van der Waals surface area (Å²) in [5.41, 5.74) is 0.981. The van der Waals surface area contributed by atoms with Crippen molar-refractivity contribution in [1.82, 2.24) is 0 Å². The Morgan fingerprint density at radius 3 is 2.64 bits per heavy atom. The highest BCUT2D eigenvalue weighted by molar-refractivity contribution is 7.85. The number of hydrogen-bond donors (Lipinski definition) is 1. The maximum atomic E-state index is 13.0. The lowest BCUT2D eigenvalue weighted by Gasteiger charge is -2.07. The summed E-state index contributed by atoms with van der Waals surface area (Å²) in [5, 5.41) is 3.40. The number of nitrogens with one attached hydrogen (secondary N) is 1. The second-order valence-corrected chi connectivity index (χ2v) is 6.82. The number of anilines is 1. The van der Waals surface area contributed by atoms with Gasteiger partial charge in [-0.25, -0.2) is 4.39 Å². The van der Waals surface area contributed by atoms with Crippen LogP contribution < -0.4 is 5.32 Å². The molecule has 0 saturated carbocycles. The Hall–Kier alpha value is -1.43. The van der Waals surface area contributed by atoms with Crippen molar-refractivity contribution in [3.05, 3.63) is 63.9 Å². The van der Waals surface area contributed by atoms with Gasteiger partial charge >= 0.3 is 0 Å². The van der Waals surface area contributed by atoms with E-state index in [9.17, 15) is 13.4 Å². The summed E-state index contributed by atoms with van der Waals surface area (Å²) in [6.07, 6.45) is 0. The zero-order chi connectivity index (χ0) is 16.1. The predicted molar refractivity (Wildman–Crippen MR) is 88.2 cm³/mol. The first kappa shape index (κ1) is 16.9. The van der Waals surface area contributed by atoms with Crippen LogP contribution in [0.3, 0.4) is 0 Å². The molecule has 0 radical (unpaired) electrons. The first-order valence-corrected chi connectivity index (χ1v) is 8.53. The summed E-state index contributed by atoms with van der Waals surface area (Å²) in [6, 6.07) is 10.4. The first-order chi connectivity index (χ1) is 10.4. The van der Waals surface area contributed by atoms with Crippen LogP contribution in [-0.2, 0) is 21.3 Å². The topological polar surface area (TPSA) is 46.2 Å². The molecule has 22 heavy (non-hydrogen) atoms. The Labute approximate surface area is 139 Å². The van der Waals surface area contributed by atoms with Gasteiger partial charge in [0.25, 0.3) is 0 Å². The lowest BCUT2D eigenvalue weighted by Crippen LogP contribution is -2.20. The van der Waals surface area contributed by atoms with Crippen LogP contribution in [0, 0.1) is 5.82 Å². The van der Waals surface area contributed by atoms with Crippen LogP contribution in [0.4, 0.5) is 10.1 Å². The van der Waals surface area contributed by atoms with E-state index in [0.29, 0.717) is 21.3 Å². The van der Waals surface area contributed by atoms with Gasteiger partial charge in [-0.05, 0) is 35.9 Å². The summed E-state index contributed by atoms with van der Waals surface area (Å²) in [4.78, 5) is 11.8. The fraction of sp³-hybridized carbons (Fsp3) is 0.133. The van der Waals surface area contributed by atoms with Crippen LogP contribution in [0.2, 0.25) is 10.0 Å². The van der Waals surface area contributed by atoms with E-state index in [-0.39, 0.29) is 11.5 Å². The highest BCUT2D eigenvalue weighted by Crippen LogP contribution is 2.22. The minimum absolute atomic E-state index is 0.145. The molecule has 3 nitrogen and oxygen atoms in total. The molecule has 2 aromatic rings. The van der Waals surface area contributed by atoms with Crippen LogP contribution in [-0.4, -0.2) is 15.9 Å². The molecule has 0 bridgehead atoms. The maximum Gasteiger partial charge on any atom is 0.237 e. The van der Waals surface area contributed by atoms with Gasteiger partial charge in [0.2, 0.25) is 5.91 Å². The van der Waals surface area contributed by atoms with Crippen LogP contribution >= 0.6 is 23.2 Å². The monoisotopic (exact) mass is 359 g/mol. The van der Waals surface area contributed by atoms with Gasteiger partial charge in [0, 0.05) is 26.5 Å². The number of carbonyl (C=O) groups excluding carboxylic acids is 1. The summed E-state index contributed by atoms with van der Waals surface area (Å²) in [7, 11) is -1.43. The molecule has 1 atom stereocenters. The van der Waals surface area contributed by atoms with Crippen molar-refractivity contribution in [1.29, 1.82) is 0 Å². The Morgan fingerprint density at radius 2 is 1.95 bits per heavy atom. The summed E-state index contributed by atoms with van der Waals surface area (Å²) >= 11 is 11.8. The molecule has 1 amide bonds. The standard InChI is InChI=1S/C15H12Cl2FNO2S/c16-11-5-4-10(14(17)6-11)8-22(21)9-15(20)19-13-3-1-2-12(18)7-13/h1-7H,8-9H2,(H,19,20). The second-order valence-electron chi connectivity index (χ2n) is 4.52. The number of hydrogen-bond acceptors (Lipinski definition) is 2. The Bertz CT molecular complexity index is 724. The summed E-state index contributed by atoms with van der Waals surface area (Å²) < 4.78 is 25.0. The lowest BCUT2D eigenvalue weighted by atomic mass is 10.2. The molecule has 0 spiro atoms. The van der Waals surface area contributed by atoms with E-state index in [2.05, 4.69) is 5.32 Å². The van der Waals surface area contributed by atoms with Gasteiger partial charge in [-0.2, -0.15) is 0 Å². The van der Waals surface area contributed by atoms with Gasteiger partial charge in [-0.1, -0.05) is 35.3 Å². The molecule has 2 rings (SSSR count). The fourth-order valence-electron chi connectivity index (χ4n) is 1.77. The largest absolute Gasteiger partial charge is 0.325 e. The molecule has 116 valence electrons. The van der Waals surface area contributed by atoms with Crippen molar-refractivity contribution in [2.45, 2.75) is 5.75 Å². The molecule has 0 aliphatic carbocycles. The van der Waals surface area contributed by atoms with E-state index in [1.54, 1.807) is 24.3 Å². The van der Waals surface area contributed by atoms with Crippen molar-refractivity contribution in [3.8, 4) is 0 Å². The van der Waals surface area contributed by atoms with E-state index < -0.39 is 22.5 Å². The lowest BCUT2D eigenvalue weighted by molar-refractivity contribution is -0.113. The molecule has 1 unspecified atom stereocenters. The zero-order valence-electron chi connectivity index (χ0n) is 11.3. The third-order valence-electron chi connectivity index (χ3n) is 2.73. The molecule has 0 fully saturated rings. The van der Waals surface area contributed by atoms with Crippen molar-refractivity contribution < 1.29 is 13.4 Å². The van der Waals surface area contributed by atoms with Gasteiger partial charge in [-0.3, -0.25) is 9.00 Å². The molecule has 2 aromatic carbocycles. The smallest absolute Gasteiger partial charge is 0.237 e. The van der Waals surface area contributed by atoms with Gasteiger partial charge in [-0.15, -0.1) is 0 Å². The molecular weight excluding hydrogens is 348 g/mol. The first-order valence-electron chi connectivity index (χ1n) is 6.28. The SMILES string of the molecule is O=C(CS(=O)Cc1ccc(Cl)cc1Cl)Nc1cccc(F)c1. The Kier molecular flexibility index (Phi) is 5.94. The predicted octanol–water partition coefficient (Wildman–Crippen LogP) is 4.02. The van der Waals surface area contributed by atoms with Crippen LogP contribution in [0.1, 0.15) is 5.56 Å². The van der Waals surface area contributed by atoms with Gasteiger partial charge in [0.15, 0.2) is 0 Å². The molecule has 0 aliphatic rings. The van der Waals surface area contributed by atoms with E-state index in [0.717, 1.165) is 0 Å². The van der Waals surface area contributed by atoms with E-state index >= 15 is 0 Å². The quantitative estimate of drug-likeness (QED) is 0.876. The minimum Gasteiger partial charge on any atom is -0.325 e. The van der Waals surface area contributed by atoms with Crippen LogP contribution in [0.25, 0.3) is 0 Å². The highest BCUT2D eigenvalue weighted by atomic mass is 35.5. The van der Waals surface area contributed by atoms with Crippen molar-refractivity contribution >= 4 is 45.6 Å². The molecule has 0 heterocycles. The fourth-order valence-corrected chi connectivity index (χ4v) is 3.39. The molecule has 0 aliphatic heterocycles. The molecular formula is C15H12Cl2FNO2S. The van der Waals surface area contributed by atoms with Crippen molar-refractivity contribution in [2.24, 2.45) is 0 Å². The van der Waals surface area contributed by atoms with Gasteiger partial charge < -0.3 is 5.32 Å². The summed E-state index contributed by atoms with van der Waals surface area (Å²) in [5.74, 6) is -0.955. The Morgan fingerprint density at radius 1 is 1.18 bits per heavy atom. The number of rotatable bonds is 5. The highest BCUT2D eigenvalue weighted by Gasteiger charge is 2.11. The van der Waals surface area contributed by atoms with E-state index in [4.69, 9.17) is 23.2 Å². The molecule has 0 saturated heterocycles. The third kappa shape index (κ3) is 5.09. The summed E-state index contributed by atoms with van der Waals surface area (Å²) in [6.45, 7) is 0. The number of carbonyl (C=O) groups is 1. The number of amides is 1. The minimum atomic E-state index is -1.43. The van der Waals surface area contributed by atoms with Crippen molar-refractivity contribution in [3.63, 3.8) is 0 Å². The average molecular weight is 360 g/mol. The second kappa shape index (κ2) is 7.72. The maximum absolute atomic E-state index is 13.0. The normalized spacial score (nSPS) is 12.0. The number of halogens is 3. The molecule has 0 aromatic heterocycles. The number of benzene rings is 2. The molecule has 1 N–H and O–H groups in total. The van der Waals surface area contributed by atoms with E-state index in [1.165, 1.54) is 18.2 Å². The van der Waals surface area contributed by atoms with Gasteiger partial charge in [0.05, 0.1) is 5.75 Å². The zero-order valence-corrected chi connectivity index (χ0v) is 13.6. The Balaban J connectivity index is 1.92.